The minimum absolute atomic E-state index is 0.0599. The maximum atomic E-state index is 12.8. The Balaban J connectivity index is 1.89. The molecule has 0 saturated heterocycles. The highest BCUT2D eigenvalue weighted by molar-refractivity contribution is 6.30. The highest BCUT2D eigenvalue weighted by Crippen LogP contribution is 2.31. The summed E-state index contributed by atoms with van der Waals surface area (Å²) in [7, 11) is 0. The average Bonchev–Trinajstić information content (AvgIpc) is 3.25. The minimum atomic E-state index is -0.0599. The summed E-state index contributed by atoms with van der Waals surface area (Å²) in [5, 5.41) is 4.97. The fourth-order valence-corrected chi connectivity index (χ4v) is 3.05. The van der Waals surface area contributed by atoms with Crippen molar-refractivity contribution in [3.05, 3.63) is 52.3 Å². The first-order valence-corrected chi connectivity index (χ1v) is 8.45. The lowest BCUT2D eigenvalue weighted by Crippen LogP contribution is -2.36. The maximum absolute atomic E-state index is 12.8. The number of carbonyl (C=O) groups is 1. The molecule has 122 valence electrons. The molecule has 2 aromatic rings. The van der Waals surface area contributed by atoms with E-state index < -0.39 is 0 Å². The van der Waals surface area contributed by atoms with Gasteiger partial charge in [-0.2, -0.15) is 9.78 Å². The summed E-state index contributed by atoms with van der Waals surface area (Å²) in [6, 6.07) is 8.06. The van der Waals surface area contributed by atoms with Crippen molar-refractivity contribution in [1.82, 2.24) is 14.7 Å². The van der Waals surface area contributed by atoms with Gasteiger partial charge < -0.3 is 4.90 Å². The van der Waals surface area contributed by atoms with E-state index in [4.69, 9.17) is 11.6 Å². The summed E-state index contributed by atoms with van der Waals surface area (Å²) in [6.07, 6.45) is 3.85. The number of hydrogen-bond acceptors (Lipinski definition) is 2. The predicted molar refractivity (Wildman–Crippen MR) is 91.9 cm³/mol. The molecule has 1 saturated carbocycles. The Morgan fingerprint density at radius 2 is 2.13 bits per heavy atom. The van der Waals surface area contributed by atoms with Crippen molar-refractivity contribution in [3.8, 4) is 0 Å². The van der Waals surface area contributed by atoms with Gasteiger partial charge >= 0.3 is 6.03 Å². The predicted octanol–water partition coefficient (Wildman–Crippen LogP) is 4.60. The molecule has 1 aromatic carbocycles. The van der Waals surface area contributed by atoms with Crippen LogP contribution in [-0.4, -0.2) is 26.8 Å². The summed E-state index contributed by atoms with van der Waals surface area (Å²) in [5.41, 5.74) is 3.21. The van der Waals surface area contributed by atoms with E-state index in [1.54, 1.807) is 6.20 Å². The van der Waals surface area contributed by atoms with Gasteiger partial charge in [-0.15, -0.1) is 0 Å². The van der Waals surface area contributed by atoms with Crippen LogP contribution in [0.25, 0.3) is 0 Å². The molecule has 5 heteroatoms. The van der Waals surface area contributed by atoms with Crippen molar-refractivity contribution in [3.63, 3.8) is 0 Å². The average molecular weight is 332 g/mol. The summed E-state index contributed by atoms with van der Waals surface area (Å²) in [4.78, 5) is 14.7. The zero-order valence-corrected chi connectivity index (χ0v) is 14.5. The molecule has 1 aliphatic carbocycles. The Labute approximate surface area is 142 Å². The van der Waals surface area contributed by atoms with Crippen molar-refractivity contribution in [2.24, 2.45) is 0 Å². The number of benzene rings is 1. The number of hydrogen-bond donors (Lipinski definition) is 0. The van der Waals surface area contributed by atoms with E-state index in [1.807, 2.05) is 30.0 Å². The molecular formula is C18H22ClN3O. The van der Waals surface area contributed by atoms with Gasteiger partial charge in [0, 0.05) is 23.8 Å². The van der Waals surface area contributed by atoms with Gasteiger partial charge in [-0.05, 0) is 55.0 Å². The molecule has 1 amide bonds. The van der Waals surface area contributed by atoms with Crippen molar-refractivity contribution >= 4 is 17.6 Å². The third-order valence-corrected chi connectivity index (χ3v) is 4.45. The number of nitrogens with zero attached hydrogens (tertiary/aromatic N) is 3. The first-order valence-electron chi connectivity index (χ1n) is 8.07. The summed E-state index contributed by atoms with van der Waals surface area (Å²) >= 11 is 6.18. The Morgan fingerprint density at radius 3 is 2.70 bits per heavy atom. The van der Waals surface area contributed by atoms with Gasteiger partial charge in [-0.1, -0.05) is 31.5 Å². The van der Waals surface area contributed by atoms with Crippen LogP contribution in [0.1, 0.15) is 49.4 Å². The van der Waals surface area contributed by atoms with E-state index in [1.165, 1.54) is 10.2 Å². The molecule has 1 heterocycles. The molecule has 1 aromatic heterocycles. The van der Waals surface area contributed by atoms with E-state index in [9.17, 15) is 4.79 Å². The SMILES string of the molecule is Cc1ccn(C(=O)N(Cc2cc(Cl)ccc2C(C)C)C2CC2)n1. The second kappa shape index (κ2) is 6.36. The van der Waals surface area contributed by atoms with Crippen LogP contribution in [0.15, 0.2) is 30.5 Å². The number of aryl methyl sites for hydroxylation is 1. The van der Waals surface area contributed by atoms with Gasteiger partial charge in [0.25, 0.3) is 0 Å². The first-order chi connectivity index (χ1) is 11.0. The molecule has 0 bridgehead atoms. The summed E-state index contributed by atoms with van der Waals surface area (Å²) in [6.45, 7) is 6.79. The normalized spacial score (nSPS) is 14.3. The quantitative estimate of drug-likeness (QED) is 0.821. The second-order valence-electron chi connectivity index (χ2n) is 6.54. The van der Waals surface area contributed by atoms with Crippen molar-refractivity contribution in [2.45, 2.75) is 52.1 Å². The van der Waals surface area contributed by atoms with Crippen LogP contribution in [0, 0.1) is 6.92 Å². The van der Waals surface area contributed by atoms with E-state index in [0.717, 1.165) is 24.1 Å². The monoisotopic (exact) mass is 331 g/mol. The Morgan fingerprint density at radius 1 is 1.39 bits per heavy atom. The third-order valence-electron chi connectivity index (χ3n) is 4.22. The molecule has 1 fully saturated rings. The molecule has 0 unspecified atom stereocenters. The van der Waals surface area contributed by atoms with Crippen LogP contribution < -0.4 is 0 Å². The van der Waals surface area contributed by atoms with Crippen molar-refractivity contribution in [2.75, 3.05) is 0 Å². The van der Waals surface area contributed by atoms with Gasteiger partial charge in [0.1, 0.15) is 0 Å². The Hall–Kier alpha value is -1.81. The molecule has 4 nitrogen and oxygen atoms in total. The summed E-state index contributed by atoms with van der Waals surface area (Å²) < 4.78 is 1.44. The van der Waals surface area contributed by atoms with Crippen molar-refractivity contribution in [1.29, 1.82) is 0 Å². The standard InChI is InChI=1S/C18H22ClN3O/c1-12(2)17-7-4-15(19)10-14(17)11-21(16-5-6-16)18(23)22-9-8-13(3)20-22/h4,7-10,12,16H,5-6,11H2,1-3H3. The van der Waals surface area contributed by atoms with Crippen LogP contribution in [0.4, 0.5) is 4.79 Å². The van der Waals surface area contributed by atoms with Crippen LogP contribution in [0.5, 0.6) is 0 Å². The van der Waals surface area contributed by atoms with Gasteiger partial charge in [0.05, 0.1) is 5.69 Å². The van der Waals surface area contributed by atoms with Crippen molar-refractivity contribution < 1.29 is 4.79 Å². The van der Waals surface area contributed by atoms with Gasteiger partial charge in [0.15, 0.2) is 0 Å². The topological polar surface area (TPSA) is 38.1 Å². The van der Waals surface area contributed by atoms with Crippen LogP contribution >= 0.6 is 11.6 Å². The minimum Gasteiger partial charge on any atom is -0.316 e. The Bertz CT molecular complexity index is 719. The molecular weight excluding hydrogens is 310 g/mol. The van der Waals surface area contributed by atoms with Crippen LogP contribution in [-0.2, 0) is 6.54 Å². The van der Waals surface area contributed by atoms with Crippen LogP contribution in [0.3, 0.4) is 0 Å². The van der Waals surface area contributed by atoms with E-state index in [2.05, 4.69) is 25.0 Å². The highest BCUT2D eigenvalue weighted by Gasteiger charge is 2.34. The largest absolute Gasteiger partial charge is 0.345 e. The number of halogens is 1. The lowest BCUT2D eigenvalue weighted by molar-refractivity contribution is 0.190. The first kappa shape index (κ1) is 16.1. The molecule has 1 aliphatic rings. The smallest absolute Gasteiger partial charge is 0.316 e. The Kier molecular flexibility index (Phi) is 4.44. The van der Waals surface area contributed by atoms with Gasteiger partial charge in [-0.3, -0.25) is 0 Å². The highest BCUT2D eigenvalue weighted by atomic mass is 35.5. The maximum Gasteiger partial charge on any atom is 0.345 e. The number of rotatable bonds is 4. The third kappa shape index (κ3) is 3.58. The second-order valence-corrected chi connectivity index (χ2v) is 6.98. The van der Waals surface area contributed by atoms with E-state index in [-0.39, 0.29) is 6.03 Å². The number of amides is 1. The number of carbonyl (C=O) groups excluding carboxylic acids is 1. The molecule has 0 spiro atoms. The van der Waals surface area contributed by atoms with Gasteiger partial charge in [0.2, 0.25) is 0 Å². The van der Waals surface area contributed by atoms with Gasteiger partial charge in [-0.25, -0.2) is 4.79 Å². The van der Waals surface area contributed by atoms with Crippen LogP contribution in [0.2, 0.25) is 5.02 Å². The molecule has 0 N–H and O–H groups in total. The molecule has 23 heavy (non-hydrogen) atoms. The molecule has 0 atom stereocenters. The lowest BCUT2D eigenvalue weighted by Gasteiger charge is -2.24. The van der Waals surface area contributed by atoms with E-state index in [0.29, 0.717) is 23.5 Å². The molecule has 0 aliphatic heterocycles. The molecule has 0 radical (unpaired) electrons. The van der Waals surface area contributed by atoms with E-state index >= 15 is 0 Å². The lowest BCUT2D eigenvalue weighted by atomic mass is 9.97. The molecule has 3 rings (SSSR count). The number of aromatic nitrogens is 2. The zero-order valence-electron chi connectivity index (χ0n) is 13.8. The fraction of sp³-hybridized carbons (Fsp3) is 0.444. The fourth-order valence-electron chi connectivity index (χ4n) is 2.85. The zero-order chi connectivity index (χ0) is 16.6. The summed E-state index contributed by atoms with van der Waals surface area (Å²) in [5.74, 6) is 0.394.